The van der Waals surface area contributed by atoms with E-state index in [0.29, 0.717) is 0 Å². The number of nitrogens with zero attached hydrogens (tertiary/aromatic N) is 2. The second-order valence-corrected chi connectivity index (χ2v) is 16.0. The Hall–Kier alpha value is -3.56. The van der Waals surface area contributed by atoms with Gasteiger partial charge in [0.25, 0.3) is 17.7 Å². The van der Waals surface area contributed by atoms with Crippen LogP contribution in [0.15, 0.2) is 60.7 Å². The smallest absolute Gasteiger partial charge is 0.358 e. The summed E-state index contributed by atoms with van der Waals surface area (Å²) >= 11 is 0. The Morgan fingerprint density at radius 2 is 1.42 bits per heavy atom. The molecule has 0 aromatic heterocycles. The van der Waals surface area contributed by atoms with Crippen molar-refractivity contribution in [1.82, 2.24) is 9.80 Å². The molecule has 2 aliphatic rings. The molecular weight excluding hydrogens is 500 g/mol. The number of carbonyl (C=O) groups excluding carboxylic acids is 4. The first-order valence-corrected chi connectivity index (χ1v) is 15.5. The number of amides is 3. The first kappa shape index (κ1) is 27.5. The summed E-state index contributed by atoms with van der Waals surface area (Å²) in [5, 5.41) is -0.270. The van der Waals surface area contributed by atoms with E-state index in [1.165, 1.54) is 18.9 Å². The van der Waals surface area contributed by atoms with Gasteiger partial charge in [0.15, 0.2) is 8.32 Å². The molecule has 2 aromatic rings. The van der Waals surface area contributed by atoms with E-state index in [0.717, 1.165) is 10.5 Å². The zero-order valence-electron chi connectivity index (χ0n) is 22.8. The molecule has 0 aliphatic carbocycles. The lowest BCUT2D eigenvalue weighted by atomic mass is 9.89. The van der Waals surface area contributed by atoms with Crippen LogP contribution in [0, 0.1) is 0 Å². The van der Waals surface area contributed by atoms with Crippen molar-refractivity contribution in [3.8, 4) is 0 Å². The lowest BCUT2D eigenvalue weighted by molar-refractivity contribution is -0.204. The summed E-state index contributed by atoms with van der Waals surface area (Å²) in [6, 6.07) is 14.0. The molecular formula is C29H34N2O6Si. The van der Waals surface area contributed by atoms with Gasteiger partial charge >= 0.3 is 5.97 Å². The molecule has 0 saturated carbocycles. The quantitative estimate of drug-likeness (QED) is 0.225. The first-order chi connectivity index (χ1) is 17.7. The van der Waals surface area contributed by atoms with Gasteiger partial charge < -0.3 is 9.16 Å². The first-order valence-electron chi connectivity index (χ1n) is 12.6. The Labute approximate surface area is 224 Å². The van der Waals surface area contributed by atoms with Crippen molar-refractivity contribution in [3.05, 3.63) is 77.4 Å². The maximum Gasteiger partial charge on any atom is 0.358 e. The van der Waals surface area contributed by atoms with E-state index in [9.17, 15) is 19.2 Å². The number of imide groups is 1. The molecule has 38 heavy (non-hydrogen) atoms. The number of fused-ring (bicyclic) bond motifs is 1. The summed E-state index contributed by atoms with van der Waals surface area (Å²) in [5.74, 6) is -2.36. The number of esters is 1. The minimum Gasteiger partial charge on any atom is -0.465 e. The highest BCUT2D eigenvalue weighted by atomic mass is 28.4. The third-order valence-corrected chi connectivity index (χ3v) is 12.3. The van der Waals surface area contributed by atoms with Crippen LogP contribution >= 0.6 is 0 Å². The molecule has 0 radical (unpaired) electrons. The summed E-state index contributed by atoms with van der Waals surface area (Å²) in [4.78, 5) is 56.1. The minimum atomic E-state index is -2.61. The highest BCUT2D eigenvalue weighted by Crippen LogP contribution is 2.44. The van der Waals surface area contributed by atoms with Gasteiger partial charge in [0.2, 0.25) is 5.72 Å². The lowest BCUT2D eigenvalue weighted by Gasteiger charge is -2.56. The van der Waals surface area contributed by atoms with E-state index >= 15 is 0 Å². The van der Waals surface area contributed by atoms with Gasteiger partial charge in [-0.2, -0.15) is 0 Å². The number of likely N-dealkylation sites (tertiary alicyclic amines) is 1. The van der Waals surface area contributed by atoms with Gasteiger partial charge in [-0.3, -0.25) is 24.2 Å². The van der Waals surface area contributed by atoms with Crippen LogP contribution in [-0.2, 0) is 18.8 Å². The Morgan fingerprint density at radius 1 is 0.895 bits per heavy atom. The molecule has 0 N–H and O–H groups in total. The predicted octanol–water partition coefficient (Wildman–Crippen LogP) is 4.49. The second kappa shape index (κ2) is 9.63. The minimum absolute atomic E-state index is 0.253. The van der Waals surface area contributed by atoms with Crippen LogP contribution in [0.1, 0.15) is 54.0 Å². The maximum absolute atomic E-state index is 13.9. The second-order valence-electron chi connectivity index (χ2n) is 11.3. The number of rotatable bonds is 7. The van der Waals surface area contributed by atoms with Crippen LogP contribution in [0.25, 0.3) is 6.08 Å². The predicted molar refractivity (Wildman–Crippen MR) is 146 cm³/mol. The Morgan fingerprint density at radius 3 is 1.92 bits per heavy atom. The summed E-state index contributed by atoms with van der Waals surface area (Å²) < 4.78 is 11.7. The third kappa shape index (κ3) is 4.39. The Bertz CT molecular complexity index is 1280. The van der Waals surface area contributed by atoms with Gasteiger partial charge in [-0.05, 0) is 42.8 Å². The van der Waals surface area contributed by atoms with Crippen LogP contribution in [0.5, 0.6) is 0 Å². The third-order valence-electron chi connectivity index (χ3n) is 7.79. The summed E-state index contributed by atoms with van der Waals surface area (Å²) in [6.07, 6.45) is 3.54. The average molecular weight is 535 g/mol. The van der Waals surface area contributed by atoms with E-state index < -0.39 is 49.8 Å². The molecule has 0 spiro atoms. The molecule has 2 heterocycles. The number of benzene rings is 2. The molecule has 2 aromatic carbocycles. The van der Waals surface area contributed by atoms with Gasteiger partial charge in [-0.15, -0.1) is 0 Å². The number of ether oxygens (including phenoxy) is 1. The molecule has 1 fully saturated rings. The van der Waals surface area contributed by atoms with Crippen molar-refractivity contribution in [2.45, 2.75) is 63.6 Å². The number of hydrogen-bond donors (Lipinski definition) is 0. The number of hydrogen-bond acceptors (Lipinski definition) is 6. The van der Waals surface area contributed by atoms with Gasteiger partial charge in [0, 0.05) is 0 Å². The van der Waals surface area contributed by atoms with Crippen LogP contribution in [-0.4, -0.2) is 66.7 Å². The van der Waals surface area contributed by atoms with E-state index in [4.69, 9.17) is 9.16 Å². The highest BCUT2D eigenvalue weighted by Gasteiger charge is 2.64. The molecule has 4 rings (SSSR count). The van der Waals surface area contributed by atoms with Gasteiger partial charge in [0.05, 0.1) is 24.3 Å². The highest BCUT2D eigenvalue weighted by molar-refractivity contribution is 6.74. The van der Waals surface area contributed by atoms with Crippen LogP contribution in [0.2, 0.25) is 18.1 Å². The fraction of sp³-hybridized carbons (Fsp3) is 0.379. The number of carbonyl (C=O) groups is 4. The molecule has 2 aliphatic heterocycles. The van der Waals surface area contributed by atoms with Gasteiger partial charge in [0.1, 0.15) is 6.04 Å². The van der Waals surface area contributed by atoms with Crippen molar-refractivity contribution < 1.29 is 28.3 Å². The fourth-order valence-electron chi connectivity index (χ4n) is 4.71. The molecule has 0 bridgehead atoms. The maximum atomic E-state index is 13.9. The van der Waals surface area contributed by atoms with Crippen LogP contribution in [0.3, 0.4) is 0 Å². The summed E-state index contributed by atoms with van der Waals surface area (Å²) in [5.41, 5.74) is -0.404. The summed E-state index contributed by atoms with van der Waals surface area (Å²) in [6.45, 7) is 11.6. The normalized spacial score (nSPS) is 21.4. The largest absolute Gasteiger partial charge is 0.465 e. The Balaban J connectivity index is 1.79. The van der Waals surface area contributed by atoms with Gasteiger partial charge in [-0.25, -0.2) is 4.79 Å². The molecule has 3 amide bonds. The van der Waals surface area contributed by atoms with Crippen molar-refractivity contribution in [2.75, 3.05) is 7.11 Å². The van der Waals surface area contributed by atoms with Crippen molar-refractivity contribution in [2.24, 2.45) is 0 Å². The SMILES string of the molecule is COC(=O)[C@@](C)(O[Si](C)(C)C(C)(C)C)N1C(=O)[C@@H](N2C(=O)c3ccccc3C2=O)[C@H]1C=Cc1ccccc1. The van der Waals surface area contributed by atoms with E-state index in [2.05, 4.69) is 0 Å². The lowest BCUT2D eigenvalue weighted by Crippen LogP contribution is -2.79. The zero-order chi connectivity index (χ0) is 28.0. The molecule has 8 nitrogen and oxygen atoms in total. The fourth-order valence-corrected chi connectivity index (χ4v) is 6.19. The number of β-lactam (4-membered cyclic amide) rings is 1. The van der Waals surface area contributed by atoms with Crippen molar-refractivity contribution >= 4 is 38.1 Å². The number of methoxy groups -OCH3 is 1. The van der Waals surface area contributed by atoms with Crippen LogP contribution in [0.4, 0.5) is 0 Å². The van der Waals surface area contributed by atoms with E-state index in [-0.39, 0.29) is 16.2 Å². The van der Waals surface area contributed by atoms with Gasteiger partial charge in [-0.1, -0.05) is 75.4 Å². The molecule has 200 valence electrons. The topological polar surface area (TPSA) is 93.2 Å². The van der Waals surface area contributed by atoms with E-state index in [1.54, 1.807) is 36.4 Å². The van der Waals surface area contributed by atoms with Crippen molar-refractivity contribution in [3.63, 3.8) is 0 Å². The van der Waals surface area contributed by atoms with Crippen molar-refractivity contribution in [1.29, 1.82) is 0 Å². The molecule has 9 heteroatoms. The standard InChI is InChI=1S/C29H34N2O6Si/c1-28(2,3)38(6,7)37-29(4,27(35)36-5)31-22(18-17-19-13-9-8-10-14-19)23(26(31)34)30-24(32)20-15-11-12-16-21(20)25(30)33/h8-18,22-23H,1-7H3/t22-,23+,29-/m1/s1. The average Bonchev–Trinajstić information content (AvgIpc) is 3.10. The summed E-state index contributed by atoms with van der Waals surface area (Å²) in [7, 11) is -1.36. The molecule has 3 atom stereocenters. The molecule has 0 unspecified atom stereocenters. The van der Waals surface area contributed by atoms with E-state index in [1.807, 2.05) is 64.2 Å². The Kier molecular flexibility index (Phi) is 6.96. The molecule has 1 saturated heterocycles. The monoisotopic (exact) mass is 534 g/mol. The van der Waals surface area contributed by atoms with Crippen LogP contribution < -0.4 is 0 Å². The zero-order valence-corrected chi connectivity index (χ0v) is 23.8.